The second-order valence-corrected chi connectivity index (χ2v) is 7.01. The minimum Gasteiger partial charge on any atom is -0.507 e. The minimum absolute atomic E-state index is 0.180. The van der Waals surface area contributed by atoms with Crippen molar-refractivity contribution in [2.75, 3.05) is 0 Å². The summed E-state index contributed by atoms with van der Waals surface area (Å²) in [6.07, 6.45) is 1.45. The Bertz CT molecular complexity index is 920. The van der Waals surface area contributed by atoms with Gasteiger partial charge in [-0.2, -0.15) is 5.10 Å². The number of phenolic OH excluding ortho intramolecular Hbond substituents is 1. The maximum Gasteiger partial charge on any atom is 0.281 e. The molecule has 0 aromatic heterocycles. The molecule has 0 aliphatic carbocycles. The number of hydrogen-bond acceptors (Lipinski definition) is 4. The van der Waals surface area contributed by atoms with Gasteiger partial charge >= 0.3 is 0 Å². The Labute approximate surface area is 170 Å². The summed E-state index contributed by atoms with van der Waals surface area (Å²) < 4.78 is 0.674. The number of halogens is 1. The Kier molecular flexibility index (Phi) is 5.88. The Hall–Kier alpha value is -2.71. The van der Waals surface area contributed by atoms with Crippen LogP contribution in [0.1, 0.15) is 16.7 Å². The van der Waals surface area contributed by atoms with Gasteiger partial charge in [0.05, 0.1) is 9.78 Å². The summed E-state index contributed by atoms with van der Waals surface area (Å²) in [7, 11) is 0. The first-order valence-corrected chi connectivity index (χ1v) is 9.25. The highest BCUT2D eigenvalue weighted by molar-refractivity contribution is 14.1. The molecule has 0 atom stereocenters. The Morgan fingerprint density at radius 2 is 1.52 bits per heavy atom. The molecule has 3 aromatic rings. The van der Waals surface area contributed by atoms with E-state index in [0.29, 0.717) is 20.3 Å². The zero-order valence-electron chi connectivity index (χ0n) is 14.2. The molecule has 136 valence electrons. The molecule has 0 spiro atoms. The second-order valence-electron chi connectivity index (χ2n) is 5.85. The Balaban J connectivity index is 1.88. The molecular weight excluding hydrogens is 455 g/mol. The van der Waals surface area contributed by atoms with Gasteiger partial charge < -0.3 is 10.2 Å². The van der Waals surface area contributed by atoms with Gasteiger partial charge in [-0.25, -0.2) is 5.43 Å². The lowest BCUT2D eigenvalue weighted by molar-refractivity contribution is -0.136. The highest BCUT2D eigenvalue weighted by Gasteiger charge is 2.39. The second kappa shape index (κ2) is 8.32. The van der Waals surface area contributed by atoms with E-state index in [4.69, 9.17) is 0 Å². The largest absolute Gasteiger partial charge is 0.507 e. The van der Waals surface area contributed by atoms with E-state index in [0.717, 1.165) is 0 Å². The van der Waals surface area contributed by atoms with Gasteiger partial charge in [0.1, 0.15) is 5.75 Å². The SMILES string of the molecule is O=C(N/N=C/c1ccc(O)c(I)c1)C(O)(c1ccccc1)c1ccccc1. The molecule has 0 radical (unpaired) electrons. The van der Waals surface area contributed by atoms with Crippen LogP contribution in [0, 0.1) is 3.57 Å². The van der Waals surface area contributed by atoms with Gasteiger partial charge in [-0.1, -0.05) is 60.7 Å². The molecule has 27 heavy (non-hydrogen) atoms. The maximum absolute atomic E-state index is 12.9. The third kappa shape index (κ3) is 4.17. The molecule has 3 N–H and O–H groups in total. The number of hydrogen-bond donors (Lipinski definition) is 3. The minimum atomic E-state index is -1.87. The number of benzene rings is 3. The third-order valence-electron chi connectivity index (χ3n) is 4.06. The molecule has 0 aliphatic rings. The van der Waals surface area contributed by atoms with E-state index >= 15 is 0 Å². The number of aromatic hydroxyl groups is 1. The zero-order valence-corrected chi connectivity index (χ0v) is 16.4. The Morgan fingerprint density at radius 3 is 2.04 bits per heavy atom. The van der Waals surface area contributed by atoms with Crippen molar-refractivity contribution in [3.8, 4) is 5.75 Å². The third-order valence-corrected chi connectivity index (χ3v) is 4.93. The van der Waals surface area contributed by atoms with Gasteiger partial charge in [0.2, 0.25) is 0 Å². The van der Waals surface area contributed by atoms with Crippen LogP contribution in [-0.4, -0.2) is 22.3 Å². The van der Waals surface area contributed by atoms with Gasteiger partial charge in [-0.05, 0) is 57.5 Å². The first kappa shape index (κ1) is 19.1. The lowest BCUT2D eigenvalue weighted by Gasteiger charge is -2.27. The van der Waals surface area contributed by atoms with Gasteiger partial charge in [0.15, 0.2) is 5.60 Å². The lowest BCUT2D eigenvalue weighted by Crippen LogP contribution is -2.43. The molecule has 0 saturated heterocycles. The van der Waals surface area contributed by atoms with Gasteiger partial charge in [-0.15, -0.1) is 0 Å². The zero-order chi connectivity index (χ0) is 19.3. The van der Waals surface area contributed by atoms with Crippen molar-refractivity contribution in [2.45, 2.75) is 5.60 Å². The fourth-order valence-corrected chi connectivity index (χ4v) is 3.18. The fourth-order valence-electron chi connectivity index (χ4n) is 2.64. The molecule has 0 heterocycles. The van der Waals surface area contributed by atoms with Crippen LogP contribution in [0.3, 0.4) is 0 Å². The van der Waals surface area contributed by atoms with Crippen molar-refractivity contribution >= 4 is 34.7 Å². The standard InChI is InChI=1S/C21H17IN2O3/c22-18-13-15(11-12-19(18)25)14-23-24-20(26)21(27,16-7-3-1-4-8-16)17-9-5-2-6-10-17/h1-14,25,27H,(H,24,26)/b23-14+. The highest BCUT2D eigenvalue weighted by atomic mass is 127. The number of amides is 1. The molecule has 0 fully saturated rings. The van der Waals surface area contributed by atoms with Crippen molar-refractivity contribution in [1.82, 2.24) is 5.43 Å². The molecule has 3 rings (SSSR count). The summed E-state index contributed by atoms with van der Waals surface area (Å²) in [4.78, 5) is 12.9. The average molecular weight is 472 g/mol. The predicted molar refractivity (Wildman–Crippen MR) is 112 cm³/mol. The summed E-state index contributed by atoms with van der Waals surface area (Å²) in [6, 6.07) is 22.4. The van der Waals surface area contributed by atoms with Gasteiger partial charge in [0, 0.05) is 0 Å². The van der Waals surface area contributed by atoms with Crippen LogP contribution >= 0.6 is 22.6 Å². The summed E-state index contributed by atoms with van der Waals surface area (Å²) in [5.74, 6) is -0.482. The van der Waals surface area contributed by atoms with Crippen molar-refractivity contribution in [3.05, 3.63) is 99.1 Å². The first-order valence-electron chi connectivity index (χ1n) is 8.17. The lowest BCUT2D eigenvalue weighted by atomic mass is 9.85. The van der Waals surface area contributed by atoms with Crippen LogP contribution in [0.15, 0.2) is 84.0 Å². The Morgan fingerprint density at radius 1 is 0.963 bits per heavy atom. The van der Waals surface area contributed by atoms with Gasteiger partial charge in [0.25, 0.3) is 5.91 Å². The highest BCUT2D eigenvalue weighted by Crippen LogP contribution is 2.29. The van der Waals surface area contributed by atoms with Crippen molar-refractivity contribution in [2.24, 2.45) is 5.10 Å². The van der Waals surface area contributed by atoms with Crippen LogP contribution in [0.5, 0.6) is 5.75 Å². The van der Waals surface area contributed by atoms with Crippen LogP contribution in [0.2, 0.25) is 0 Å². The number of hydrazone groups is 1. The van der Waals surface area contributed by atoms with Crippen LogP contribution in [-0.2, 0) is 10.4 Å². The number of aliphatic hydroxyl groups is 1. The van der Waals surface area contributed by atoms with Crippen molar-refractivity contribution in [1.29, 1.82) is 0 Å². The first-order chi connectivity index (χ1) is 13.0. The predicted octanol–water partition coefficient (Wildman–Crippen LogP) is 3.38. The molecule has 0 unspecified atom stereocenters. The quantitative estimate of drug-likeness (QED) is 0.303. The molecule has 1 amide bonds. The van der Waals surface area contributed by atoms with E-state index in [2.05, 4.69) is 10.5 Å². The van der Waals surface area contributed by atoms with Crippen molar-refractivity contribution in [3.63, 3.8) is 0 Å². The summed E-state index contributed by atoms with van der Waals surface area (Å²) >= 11 is 2.00. The number of rotatable bonds is 5. The summed E-state index contributed by atoms with van der Waals surface area (Å²) in [5.41, 5.74) is 2.15. The number of phenols is 1. The number of carbonyl (C=O) groups is 1. The average Bonchev–Trinajstić information content (AvgIpc) is 2.71. The summed E-state index contributed by atoms with van der Waals surface area (Å²) in [6.45, 7) is 0. The van der Waals surface area contributed by atoms with E-state index in [-0.39, 0.29) is 5.75 Å². The topological polar surface area (TPSA) is 81.9 Å². The molecule has 0 aliphatic heterocycles. The normalized spacial score (nSPS) is 11.5. The van der Waals surface area contributed by atoms with E-state index in [1.165, 1.54) is 6.21 Å². The van der Waals surface area contributed by atoms with Crippen molar-refractivity contribution < 1.29 is 15.0 Å². The van der Waals surface area contributed by atoms with E-state index < -0.39 is 11.5 Å². The molecular formula is C21H17IN2O3. The molecule has 0 bridgehead atoms. The molecule has 6 heteroatoms. The number of carbonyl (C=O) groups excluding carboxylic acids is 1. The van der Waals surface area contributed by atoms with E-state index in [9.17, 15) is 15.0 Å². The van der Waals surface area contributed by atoms with E-state index in [1.54, 1.807) is 66.7 Å². The van der Waals surface area contributed by atoms with Crippen LogP contribution in [0.4, 0.5) is 0 Å². The smallest absolute Gasteiger partial charge is 0.281 e. The van der Waals surface area contributed by atoms with E-state index in [1.807, 2.05) is 34.7 Å². The fraction of sp³-hybridized carbons (Fsp3) is 0.0476. The molecule has 0 saturated carbocycles. The van der Waals surface area contributed by atoms with Crippen LogP contribution < -0.4 is 5.43 Å². The monoisotopic (exact) mass is 472 g/mol. The maximum atomic E-state index is 12.9. The molecule has 5 nitrogen and oxygen atoms in total. The van der Waals surface area contributed by atoms with Gasteiger partial charge in [-0.3, -0.25) is 4.79 Å². The number of nitrogens with zero attached hydrogens (tertiary/aromatic N) is 1. The van der Waals surface area contributed by atoms with Crippen LogP contribution in [0.25, 0.3) is 0 Å². The summed E-state index contributed by atoms with van der Waals surface area (Å²) in [5, 5.41) is 24.8. The molecule has 3 aromatic carbocycles. The number of nitrogens with one attached hydrogen (secondary N) is 1.